The molecular formula is C11H15BrINO. The summed E-state index contributed by atoms with van der Waals surface area (Å²) in [6.07, 6.45) is 0. The van der Waals surface area contributed by atoms with Crippen LogP contribution in [0.5, 0.6) is 0 Å². The molecule has 0 spiro atoms. The van der Waals surface area contributed by atoms with Crippen molar-refractivity contribution in [2.45, 2.75) is 6.92 Å². The molecule has 1 aliphatic heterocycles. The van der Waals surface area contributed by atoms with Gasteiger partial charge in [0.1, 0.15) is 0 Å². The summed E-state index contributed by atoms with van der Waals surface area (Å²) in [5.41, 5.74) is 2.68. The molecule has 0 saturated carbocycles. The summed E-state index contributed by atoms with van der Waals surface area (Å²) in [4.78, 5) is 2.36. The van der Waals surface area contributed by atoms with Crippen molar-refractivity contribution < 1.29 is 4.74 Å². The van der Waals surface area contributed by atoms with Crippen LogP contribution in [0.4, 0.5) is 5.69 Å². The standard InChI is InChI=1S/C11H15BrINO/c1-9-7-10(3-4-11(9)12)14-5-6-15-8-13(14)2/h3-4,7H,5-6,8H2,1-2H3. The van der Waals surface area contributed by atoms with E-state index in [1.165, 1.54) is 15.7 Å². The Morgan fingerprint density at radius 3 is 2.93 bits per heavy atom. The Morgan fingerprint density at radius 1 is 1.47 bits per heavy atom. The van der Waals surface area contributed by atoms with E-state index in [9.17, 15) is 0 Å². The van der Waals surface area contributed by atoms with Crippen molar-refractivity contribution in [3.8, 4) is 0 Å². The van der Waals surface area contributed by atoms with Crippen LogP contribution < -0.4 is 3.11 Å². The van der Waals surface area contributed by atoms with E-state index < -0.39 is 20.1 Å². The molecule has 2 nitrogen and oxygen atoms in total. The number of aryl methyl sites for hydroxylation is 1. The van der Waals surface area contributed by atoms with Crippen molar-refractivity contribution in [3.63, 3.8) is 0 Å². The van der Waals surface area contributed by atoms with Crippen molar-refractivity contribution in [2.75, 3.05) is 25.8 Å². The van der Waals surface area contributed by atoms with Crippen molar-refractivity contribution in [1.82, 2.24) is 0 Å². The van der Waals surface area contributed by atoms with Gasteiger partial charge in [-0.3, -0.25) is 0 Å². The zero-order valence-electron chi connectivity index (χ0n) is 8.96. The molecule has 0 aromatic heterocycles. The number of ether oxygens (including phenoxy) is 1. The van der Waals surface area contributed by atoms with Crippen molar-refractivity contribution in [1.29, 1.82) is 0 Å². The third kappa shape index (κ3) is 2.65. The molecule has 1 aliphatic rings. The molecule has 15 heavy (non-hydrogen) atoms. The Kier molecular flexibility index (Phi) is 3.90. The Labute approximate surface area is 107 Å². The number of rotatable bonds is 1. The Hall–Kier alpha value is 0.190. The minimum atomic E-state index is -1.05. The van der Waals surface area contributed by atoms with Gasteiger partial charge in [0, 0.05) is 0 Å². The van der Waals surface area contributed by atoms with Crippen LogP contribution in [-0.2, 0) is 4.74 Å². The first-order valence-electron chi connectivity index (χ1n) is 4.86. The van der Waals surface area contributed by atoms with Crippen LogP contribution in [0.15, 0.2) is 22.7 Å². The molecule has 1 saturated heterocycles. The summed E-state index contributed by atoms with van der Waals surface area (Å²) in [5.74, 6) is 0. The van der Waals surface area contributed by atoms with Gasteiger partial charge in [0.15, 0.2) is 0 Å². The molecule has 0 bridgehead atoms. The fraction of sp³-hybridized carbons (Fsp3) is 0.455. The van der Waals surface area contributed by atoms with Crippen LogP contribution in [-0.4, -0.2) is 22.7 Å². The zero-order chi connectivity index (χ0) is 10.8. The maximum atomic E-state index is 5.51. The Balaban J connectivity index is 2.24. The molecule has 0 aliphatic carbocycles. The second-order valence-electron chi connectivity index (χ2n) is 3.59. The Bertz CT molecular complexity index is 358. The molecule has 1 fully saturated rings. The first-order valence-corrected chi connectivity index (χ1v) is 10.3. The van der Waals surface area contributed by atoms with Gasteiger partial charge in [-0.25, -0.2) is 0 Å². The molecule has 0 N–H and O–H groups in total. The predicted octanol–water partition coefficient (Wildman–Crippen LogP) is 3.60. The van der Waals surface area contributed by atoms with Gasteiger partial charge in [0.25, 0.3) is 0 Å². The van der Waals surface area contributed by atoms with E-state index in [0.29, 0.717) is 0 Å². The first-order chi connectivity index (χ1) is 7.18. The van der Waals surface area contributed by atoms with Gasteiger partial charge in [0.2, 0.25) is 0 Å². The number of benzene rings is 1. The van der Waals surface area contributed by atoms with Gasteiger partial charge in [-0.1, -0.05) is 0 Å². The fourth-order valence-electron chi connectivity index (χ4n) is 1.59. The van der Waals surface area contributed by atoms with E-state index in [1.54, 1.807) is 0 Å². The van der Waals surface area contributed by atoms with Gasteiger partial charge in [-0.15, -0.1) is 0 Å². The molecular weight excluding hydrogens is 369 g/mol. The number of alkyl halides is 2. The van der Waals surface area contributed by atoms with Gasteiger partial charge in [-0.05, 0) is 0 Å². The van der Waals surface area contributed by atoms with Crippen LogP contribution in [0.2, 0.25) is 0 Å². The molecule has 1 aromatic rings. The predicted molar refractivity (Wildman–Crippen MR) is 77.0 cm³/mol. The van der Waals surface area contributed by atoms with Gasteiger partial charge in [-0.2, -0.15) is 0 Å². The van der Waals surface area contributed by atoms with Crippen molar-refractivity contribution in [3.05, 3.63) is 28.2 Å². The van der Waals surface area contributed by atoms with E-state index >= 15 is 0 Å². The SMILES string of the molecule is Cc1cc(N2CCOCI2C)ccc1Br. The number of nitrogens with zero attached hydrogens (tertiary/aromatic N) is 1. The number of anilines is 1. The summed E-state index contributed by atoms with van der Waals surface area (Å²) < 4.78 is 10.2. The monoisotopic (exact) mass is 383 g/mol. The van der Waals surface area contributed by atoms with E-state index in [2.05, 4.69) is 49.1 Å². The molecule has 1 aromatic carbocycles. The number of hydrogen-bond donors (Lipinski definition) is 0. The van der Waals surface area contributed by atoms with Crippen molar-refractivity contribution >= 4 is 41.7 Å². The van der Waals surface area contributed by atoms with E-state index in [4.69, 9.17) is 4.74 Å². The van der Waals surface area contributed by atoms with Gasteiger partial charge < -0.3 is 0 Å². The number of halogens is 2. The number of hydrogen-bond acceptors (Lipinski definition) is 2. The summed E-state index contributed by atoms with van der Waals surface area (Å²) in [6.45, 7) is 4.07. The fourth-order valence-corrected chi connectivity index (χ4v) is 5.39. The van der Waals surface area contributed by atoms with Crippen LogP contribution in [0, 0.1) is 6.92 Å². The molecule has 1 heterocycles. The molecule has 0 amide bonds. The van der Waals surface area contributed by atoms with Gasteiger partial charge >= 0.3 is 107 Å². The average molecular weight is 384 g/mol. The van der Waals surface area contributed by atoms with Crippen LogP contribution >= 0.6 is 36.0 Å². The summed E-state index contributed by atoms with van der Waals surface area (Å²) in [7, 11) is 0. The average Bonchev–Trinajstić information content (AvgIpc) is 2.23. The van der Waals surface area contributed by atoms with Crippen molar-refractivity contribution in [2.24, 2.45) is 0 Å². The Morgan fingerprint density at radius 2 is 2.27 bits per heavy atom. The third-order valence-electron chi connectivity index (χ3n) is 2.44. The zero-order valence-corrected chi connectivity index (χ0v) is 12.7. The topological polar surface area (TPSA) is 12.5 Å². The second-order valence-corrected chi connectivity index (χ2v) is 9.41. The molecule has 84 valence electrons. The molecule has 4 heteroatoms. The summed E-state index contributed by atoms with van der Waals surface area (Å²) >= 11 is 2.49. The van der Waals surface area contributed by atoms with E-state index in [0.717, 1.165) is 17.8 Å². The third-order valence-corrected chi connectivity index (χ3v) is 7.70. The molecule has 0 unspecified atom stereocenters. The normalized spacial score (nSPS) is 19.4. The second kappa shape index (κ2) is 5.01. The summed E-state index contributed by atoms with van der Waals surface area (Å²) in [6, 6.07) is 6.61. The van der Waals surface area contributed by atoms with Crippen LogP contribution in [0.1, 0.15) is 5.56 Å². The molecule has 0 atom stereocenters. The quantitative estimate of drug-likeness (QED) is 0.417. The van der Waals surface area contributed by atoms with Gasteiger partial charge in [0.05, 0.1) is 0 Å². The van der Waals surface area contributed by atoms with E-state index in [-0.39, 0.29) is 0 Å². The first kappa shape index (κ1) is 11.7. The van der Waals surface area contributed by atoms with E-state index in [1.807, 2.05) is 0 Å². The molecule has 2 rings (SSSR count). The minimum absolute atomic E-state index is 0.872. The summed E-state index contributed by atoms with van der Waals surface area (Å²) in [5, 5.41) is 0. The van der Waals surface area contributed by atoms with Crippen LogP contribution in [0.25, 0.3) is 0 Å². The maximum absolute atomic E-state index is 5.51. The molecule has 0 radical (unpaired) electrons. The van der Waals surface area contributed by atoms with Crippen LogP contribution in [0.3, 0.4) is 0 Å².